The molecule has 1 saturated heterocycles. The highest BCUT2D eigenvalue weighted by atomic mass is 16.2. The molecule has 0 spiro atoms. The number of aromatic nitrogens is 4. The smallest absolute Gasteiger partial charge is 0.274 e. The molecule has 148 valence electrons. The predicted octanol–water partition coefficient (Wildman–Crippen LogP) is 2.40. The lowest BCUT2D eigenvalue weighted by atomic mass is 10.1. The van der Waals surface area contributed by atoms with Crippen molar-refractivity contribution in [1.29, 1.82) is 0 Å². The Hall–Kier alpha value is -3.55. The summed E-state index contributed by atoms with van der Waals surface area (Å²) < 4.78 is 0. The molecule has 1 unspecified atom stereocenters. The van der Waals surface area contributed by atoms with Crippen molar-refractivity contribution in [1.82, 2.24) is 25.1 Å². The summed E-state index contributed by atoms with van der Waals surface area (Å²) in [5.41, 5.74) is 1.52. The third-order valence-corrected chi connectivity index (χ3v) is 4.95. The van der Waals surface area contributed by atoms with E-state index in [0.29, 0.717) is 43.6 Å². The summed E-state index contributed by atoms with van der Waals surface area (Å²) in [4.78, 5) is 25.2. The van der Waals surface area contributed by atoms with Crippen LogP contribution in [-0.4, -0.2) is 57.2 Å². The fourth-order valence-electron chi connectivity index (χ4n) is 3.30. The van der Waals surface area contributed by atoms with Gasteiger partial charge in [-0.2, -0.15) is 0 Å². The standard InChI is InChI=1S/C21H23N7O/c1-16(17-6-3-2-4-7-17)24-19-9-8-18(25-26-19)20(29)27-12-14-28(15-13-27)21-22-10-5-11-23-21/h2-11,16H,12-15H2,1H3,(H,24,26). The van der Waals surface area contributed by atoms with Crippen molar-refractivity contribution in [2.75, 3.05) is 36.4 Å². The van der Waals surface area contributed by atoms with Crippen LogP contribution in [0.25, 0.3) is 0 Å². The van der Waals surface area contributed by atoms with Crippen LogP contribution in [0.2, 0.25) is 0 Å². The van der Waals surface area contributed by atoms with E-state index in [1.54, 1.807) is 35.5 Å². The Balaban J connectivity index is 1.34. The van der Waals surface area contributed by atoms with Gasteiger partial charge in [0.25, 0.3) is 5.91 Å². The van der Waals surface area contributed by atoms with Gasteiger partial charge in [0.15, 0.2) is 5.69 Å². The molecule has 1 amide bonds. The van der Waals surface area contributed by atoms with E-state index in [1.807, 2.05) is 18.2 Å². The first kappa shape index (κ1) is 18.8. The molecule has 0 saturated carbocycles. The number of anilines is 2. The van der Waals surface area contributed by atoms with Gasteiger partial charge in [-0.3, -0.25) is 4.79 Å². The van der Waals surface area contributed by atoms with E-state index in [-0.39, 0.29) is 11.9 Å². The van der Waals surface area contributed by atoms with Crippen LogP contribution < -0.4 is 10.2 Å². The average molecular weight is 389 g/mol. The maximum Gasteiger partial charge on any atom is 0.274 e. The first-order valence-electron chi connectivity index (χ1n) is 9.67. The van der Waals surface area contributed by atoms with E-state index in [1.165, 1.54) is 0 Å². The normalized spacial score (nSPS) is 15.1. The van der Waals surface area contributed by atoms with Crippen LogP contribution in [0.3, 0.4) is 0 Å². The molecule has 1 atom stereocenters. The summed E-state index contributed by atoms with van der Waals surface area (Å²) in [6, 6.07) is 15.5. The highest BCUT2D eigenvalue weighted by molar-refractivity contribution is 5.92. The van der Waals surface area contributed by atoms with Gasteiger partial charge in [0.2, 0.25) is 5.95 Å². The summed E-state index contributed by atoms with van der Waals surface area (Å²) in [7, 11) is 0. The molecule has 3 aromatic rings. The molecule has 1 fully saturated rings. The van der Waals surface area contributed by atoms with Gasteiger partial charge in [0.05, 0.1) is 0 Å². The van der Waals surface area contributed by atoms with E-state index in [4.69, 9.17) is 0 Å². The predicted molar refractivity (Wildman–Crippen MR) is 111 cm³/mol. The molecule has 4 rings (SSSR count). The van der Waals surface area contributed by atoms with Crippen molar-refractivity contribution in [3.63, 3.8) is 0 Å². The zero-order valence-electron chi connectivity index (χ0n) is 16.3. The van der Waals surface area contributed by atoms with Gasteiger partial charge in [-0.1, -0.05) is 30.3 Å². The number of carbonyl (C=O) groups excluding carboxylic acids is 1. The summed E-state index contributed by atoms with van der Waals surface area (Å²) >= 11 is 0. The zero-order chi connectivity index (χ0) is 20.1. The second-order valence-corrected chi connectivity index (χ2v) is 6.91. The quantitative estimate of drug-likeness (QED) is 0.717. The molecule has 1 N–H and O–H groups in total. The van der Waals surface area contributed by atoms with Crippen LogP contribution in [0.5, 0.6) is 0 Å². The maximum absolute atomic E-state index is 12.8. The molecule has 1 aromatic carbocycles. The second-order valence-electron chi connectivity index (χ2n) is 6.91. The van der Waals surface area contributed by atoms with Gasteiger partial charge < -0.3 is 15.1 Å². The average Bonchev–Trinajstić information content (AvgIpc) is 2.80. The molecule has 8 heteroatoms. The van der Waals surface area contributed by atoms with E-state index in [0.717, 1.165) is 5.56 Å². The molecule has 0 aliphatic carbocycles. The van der Waals surface area contributed by atoms with Crippen LogP contribution in [0.15, 0.2) is 60.9 Å². The molecule has 0 radical (unpaired) electrons. The Morgan fingerprint density at radius 2 is 1.66 bits per heavy atom. The summed E-state index contributed by atoms with van der Waals surface area (Å²) in [6.45, 7) is 4.65. The number of nitrogens with one attached hydrogen (secondary N) is 1. The Morgan fingerprint density at radius 1 is 0.931 bits per heavy atom. The number of rotatable bonds is 5. The number of benzene rings is 1. The van der Waals surface area contributed by atoms with Gasteiger partial charge in [-0.25, -0.2) is 9.97 Å². The largest absolute Gasteiger partial charge is 0.362 e. The van der Waals surface area contributed by atoms with E-state index in [9.17, 15) is 4.79 Å². The lowest BCUT2D eigenvalue weighted by molar-refractivity contribution is 0.0739. The number of piperazine rings is 1. The van der Waals surface area contributed by atoms with Crippen LogP contribution >= 0.6 is 0 Å². The van der Waals surface area contributed by atoms with Gasteiger partial charge in [-0.05, 0) is 30.7 Å². The number of hydrogen-bond donors (Lipinski definition) is 1. The molecule has 1 aliphatic rings. The third kappa shape index (κ3) is 4.48. The minimum atomic E-state index is -0.103. The first-order chi connectivity index (χ1) is 14.2. The fraction of sp³-hybridized carbons (Fsp3) is 0.286. The van der Waals surface area contributed by atoms with Crippen molar-refractivity contribution in [2.24, 2.45) is 0 Å². The highest BCUT2D eigenvalue weighted by Gasteiger charge is 2.24. The minimum absolute atomic E-state index is 0.0975. The number of hydrogen-bond acceptors (Lipinski definition) is 7. The van der Waals surface area contributed by atoms with Gasteiger partial charge in [0.1, 0.15) is 5.82 Å². The van der Waals surface area contributed by atoms with E-state index in [2.05, 4.69) is 49.4 Å². The fourth-order valence-corrected chi connectivity index (χ4v) is 3.30. The molecular formula is C21H23N7O. The lowest BCUT2D eigenvalue weighted by Crippen LogP contribution is -2.49. The first-order valence-corrected chi connectivity index (χ1v) is 9.67. The zero-order valence-corrected chi connectivity index (χ0v) is 16.3. The van der Waals surface area contributed by atoms with E-state index < -0.39 is 0 Å². The molecule has 3 heterocycles. The van der Waals surface area contributed by atoms with Crippen molar-refractivity contribution in [3.05, 3.63) is 72.2 Å². The Labute approximate surface area is 169 Å². The molecule has 8 nitrogen and oxygen atoms in total. The highest BCUT2D eigenvalue weighted by Crippen LogP contribution is 2.17. The third-order valence-electron chi connectivity index (χ3n) is 4.95. The molecule has 0 bridgehead atoms. The number of nitrogens with zero attached hydrogens (tertiary/aromatic N) is 6. The minimum Gasteiger partial charge on any atom is -0.362 e. The lowest BCUT2D eigenvalue weighted by Gasteiger charge is -2.34. The van der Waals surface area contributed by atoms with Gasteiger partial charge in [-0.15, -0.1) is 10.2 Å². The SMILES string of the molecule is CC(Nc1ccc(C(=O)N2CCN(c3ncccn3)CC2)nn1)c1ccccc1. The molecule has 1 aliphatic heterocycles. The van der Waals surface area contributed by atoms with Crippen LogP contribution in [0.4, 0.5) is 11.8 Å². The second kappa shape index (κ2) is 8.64. The topological polar surface area (TPSA) is 87.1 Å². The summed E-state index contributed by atoms with van der Waals surface area (Å²) in [5.74, 6) is 1.24. The van der Waals surface area contributed by atoms with E-state index >= 15 is 0 Å². The van der Waals surface area contributed by atoms with Gasteiger partial charge >= 0.3 is 0 Å². The van der Waals surface area contributed by atoms with Crippen molar-refractivity contribution in [2.45, 2.75) is 13.0 Å². The van der Waals surface area contributed by atoms with Crippen molar-refractivity contribution < 1.29 is 4.79 Å². The number of amides is 1. The molecule has 29 heavy (non-hydrogen) atoms. The Bertz CT molecular complexity index is 926. The van der Waals surface area contributed by atoms with Crippen LogP contribution in [-0.2, 0) is 0 Å². The summed E-state index contributed by atoms with van der Waals surface area (Å²) in [5, 5.41) is 11.6. The van der Waals surface area contributed by atoms with Crippen molar-refractivity contribution >= 4 is 17.7 Å². The Kier molecular flexibility index (Phi) is 5.60. The van der Waals surface area contributed by atoms with Crippen LogP contribution in [0, 0.1) is 0 Å². The summed E-state index contributed by atoms with van der Waals surface area (Å²) in [6.07, 6.45) is 3.45. The van der Waals surface area contributed by atoms with Gasteiger partial charge in [0, 0.05) is 44.6 Å². The molecule has 2 aromatic heterocycles. The number of carbonyl (C=O) groups is 1. The maximum atomic E-state index is 12.8. The monoisotopic (exact) mass is 389 g/mol. The Morgan fingerprint density at radius 3 is 2.31 bits per heavy atom. The molecular weight excluding hydrogens is 366 g/mol. The van der Waals surface area contributed by atoms with Crippen molar-refractivity contribution in [3.8, 4) is 0 Å². The van der Waals surface area contributed by atoms with Crippen LogP contribution in [0.1, 0.15) is 29.0 Å².